The molecule has 0 radical (unpaired) electrons. The van der Waals surface area contributed by atoms with Crippen molar-refractivity contribution in [3.63, 3.8) is 0 Å². The highest BCUT2D eigenvalue weighted by Gasteiger charge is 2.48. The minimum atomic E-state index is -1.13. The van der Waals surface area contributed by atoms with E-state index >= 15 is 0 Å². The van der Waals surface area contributed by atoms with Gasteiger partial charge in [0, 0.05) is 6.07 Å². The van der Waals surface area contributed by atoms with E-state index in [1.165, 1.54) is 0 Å². The third kappa shape index (κ3) is 3.08. The molecule has 136 valence electrons. The predicted octanol–water partition coefficient (Wildman–Crippen LogP) is 5.54. The van der Waals surface area contributed by atoms with Crippen molar-refractivity contribution in [1.29, 1.82) is 0 Å². The smallest absolute Gasteiger partial charge is 0.337 e. The van der Waals surface area contributed by atoms with E-state index in [4.69, 9.17) is 0 Å². The van der Waals surface area contributed by atoms with E-state index in [0.29, 0.717) is 10.4 Å². The molecule has 1 aliphatic carbocycles. The van der Waals surface area contributed by atoms with Crippen LogP contribution in [0.4, 0.5) is 4.39 Å². The summed E-state index contributed by atoms with van der Waals surface area (Å²) in [5, 5.41) is 8.71. The number of ketones is 1. The summed E-state index contributed by atoms with van der Waals surface area (Å²) in [6, 6.07) is 16.5. The van der Waals surface area contributed by atoms with E-state index in [1.807, 2.05) is 36.4 Å². The van der Waals surface area contributed by atoms with Crippen LogP contribution in [0.1, 0.15) is 35.7 Å². The van der Waals surface area contributed by atoms with Crippen molar-refractivity contribution in [3.8, 4) is 21.6 Å². The number of thiophene rings is 1. The van der Waals surface area contributed by atoms with Gasteiger partial charge in [-0.2, -0.15) is 4.39 Å². The first-order valence-corrected chi connectivity index (χ1v) is 9.47. The minimum Gasteiger partial charge on any atom is -0.478 e. The summed E-state index contributed by atoms with van der Waals surface area (Å²) in [5.74, 6) is -0.915. The van der Waals surface area contributed by atoms with Crippen molar-refractivity contribution < 1.29 is 19.1 Å². The number of carboxylic acids is 1. The second-order valence-corrected chi connectivity index (χ2v) is 7.89. The van der Waals surface area contributed by atoms with Gasteiger partial charge in [-0.3, -0.25) is 4.79 Å². The maximum Gasteiger partial charge on any atom is 0.337 e. The van der Waals surface area contributed by atoms with Crippen LogP contribution in [-0.4, -0.2) is 16.9 Å². The number of hydrogen-bond donors (Lipinski definition) is 1. The zero-order valence-electron chi connectivity index (χ0n) is 14.7. The SMILES string of the molecule is CC(=O)C1(c2ccc(-c3ccc(-c4sc(F)cc4C(=O)O)cc3)cc2)CC1. The molecule has 3 nitrogen and oxygen atoms in total. The maximum absolute atomic E-state index is 13.5. The number of carbonyl (C=O) groups is 2. The molecule has 0 saturated heterocycles. The Kier molecular flexibility index (Phi) is 4.19. The second kappa shape index (κ2) is 6.43. The van der Waals surface area contributed by atoms with Crippen molar-refractivity contribution in [2.24, 2.45) is 0 Å². The van der Waals surface area contributed by atoms with Gasteiger partial charge in [-0.1, -0.05) is 48.5 Å². The van der Waals surface area contributed by atoms with Crippen molar-refractivity contribution >= 4 is 23.1 Å². The molecule has 0 unspecified atom stereocenters. The largest absolute Gasteiger partial charge is 0.478 e. The van der Waals surface area contributed by atoms with Crippen molar-refractivity contribution in [2.45, 2.75) is 25.2 Å². The molecule has 2 aromatic carbocycles. The fourth-order valence-corrected chi connectivity index (χ4v) is 4.38. The monoisotopic (exact) mass is 380 g/mol. The molecule has 0 bridgehead atoms. The number of carboxylic acid groups (broad SMARTS) is 1. The maximum atomic E-state index is 13.5. The van der Waals surface area contributed by atoms with Crippen LogP contribution in [0, 0.1) is 5.13 Å². The number of rotatable bonds is 5. The van der Waals surface area contributed by atoms with E-state index in [9.17, 15) is 19.1 Å². The first kappa shape index (κ1) is 17.6. The predicted molar refractivity (Wildman–Crippen MR) is 104 cm³/mol. The highest BCUT2D eigenvalue weighted by Crippen LogP contribution is 2.49. The molecule has 0 atom stereocenters. The molecule has 27 heavy (non-hydrogen) atoms. The van der Waals surface area contributed by atoms with Crippen LogP contribution < -0.4 is 0 Å². The summed E-state index contributed by atoms with van der Waals surface area (Å²) < 4.78 is 13.5. The van der Waals surface area contributed by atoms with E-state index in [2.05, 4.69) is 0 Å². The number of hydrogen-bond acceptors (Lipinski definition) is 3. The summed E-state index contributed by atoms with van der Waals surface area (Å²) in [7, 11) is 0. The van der Waals surface area contributed by atoms with E-state index in [1.54, 1.807) is 19.1 Å². The lowest BCUT2D eigenvalue weighted by atomic mass is 9.90. The molecule has 5 heteroatoms. The summed E-state index contributed by atoms with van der Waals surface area (Å²) in [4.78, 5) is 23.6. The first-order chi connectivity index (χ1) is 12.9. The summed E-state index contributed by atoms with van der Waals surface area (Å²) in [6.45, 7) is 1.65. The Morgan fingerprint density at radius 1 is 0.963 bits per heavy atom. The lowest BCUT2D eigenvalue weighted by Crippen LogP contribution is -2.16. The van der Waals surface area contributed by atoms with Gasteiger partial charge in [0.05, 0.1) is 15.9 Å². The molecule has 4 rings (SSSR count). The van der Waals surface area contributed by atoms with Crippen LogP contribution in [-0.2, 0) is 10.2 Å². The van der Waals surface area contributed by atoms with Gasteiger partial charge in [0.1, 0.15) is 5.78 Å². The third-order valence-electron chi connectivity index (χ3n) is 5.27. The Balaban J connectivity index is 1.62. The summed E-state index contributed by atoms with van der Waals surface area (Å²) >= 11 is 0.832. The van der Waals surface area contributed by atoms with E-state index < -0.39 is 11.1 Å². The van der Waals surface area contributed by atoms with Gasteiger partial charge in [-0.05, 0) is 42.0 Å². The topological polar surface area (TPSA) is 54.4 Å². The highest BCUT2D eigenvalue weighted by molar-refractivity contribution is 7.14. The van der Waals surface area contributed by atoms with Crippen LogP contribution in [0.5, 0.6) is 0 Å². The van der Waals surface area contributed by atoms with Crippen molar-refractivity contribution in [2.75, 3.05) is 0 Å². The zero-order valence-corrected chi connectivity index (χ0v) is 15.5. The molecule has 3 aromatic rings. The molecular formula is C22H17FO3S. The molecule has 1 aromatic heterocycles. The van der Waals surface area contributed by atoms with Crippen molar-refractivity contribution in [1.82, 2.24) is 0 Å². The first-order valence-electron chi connectivity index (χ1n) is 8.66. The third-order valence-corrected chi connectivity index (χ3v) is 6.25. The summed E-state index contributed by atoms with van der Waals surface area (Å²) in [5.41, 5.74) is 3.44. The fraction of sp³-hybridized carbons (Fsp3) is 0.182. The van der Waals surface area contributed by atoms with Crippen molar-refractivity contribution in [3.05, 3.63) is 70.9 Å². The van der Waals surface area contributed by atoms with Crippen LogP contribution in [0.2, 0.25) is 0 Å². The average Bonchev–Trinajstić information content (AvgIpc) is 3.39. The van der Waals surface area contributed by atoms with Gasteiger partial charge in [0.15, 0.2) is 5.13 Å². The Hall–Kier alpha value is -2.79. The van der Waals surface area contributed by atoms with E-state index in [0.717, 1.165) is 46.9 Å². The number of halogens is 1. The molecule has 1 heterocycles. The minimum absolute atomic E-state index is 0.0198. The second-order valence-electron chi connectivity index (χ2n) is 6.89. The van der Waals surface area contributed by atoms with Gasteiger partial charge in [-0.25, -0.2) is 4.79 Å². The Morgan fingerprint density at radius 3 is 1.96 bits per heavy atom. The molecule has 1 saturated carbocycles. The molecule has 1 N–H and O–H groups in total. The molecule has 0 aliphatic heterocycles. The zero-order chi connectivity index (χ0) is 19.2. The molecule has 0 spiro atoms. The number of benzene rings is 2. The summed E-state index contributed by atoms with van der Waals surface area (Å²) in [6.07, 6.45) is 1.83. The fourth-order valence-electron chi connectivity index (χ4n) is 3.50. The van der Waals surface area contributed by atoms with Gasteiger partial charge in [0.25, 0.3) is 0 Å². The number of Topliss-reactive ketones (excluding diaryl/α,β-unsaturated/α-hetero) is 1. The molecule has 0 amide bonds. The molecule has 1 aliphatic rings. The average molecular weight is 380 g/mol. The Labute approximate surface area is 160 Å². The van der Waals surface area contributed by atoms with Crippen LogP contribution >= 0.6 is 11.3 Å². The highest BCUT2D eigenvalue weighted by atomic mass is 32.1. The van der Waals surface area contributed by atoms with Crippen LogP contribution in [0.25, 0.3) is 21.6 Å². The normalized spacial score (nSPS) is 14.7. The van der Waals surface area contributed by atoms with E-state index in [-0.39, 0.29) is 16.8 Å². The van der Waals surface area contributed by atoms with Crippen LogP contribution in [0.3, 0.4) is 0 Å². The quantitative estimate of drug-likeness (QED) is 0.632. The van der Waals surface area contributed by atoms with Gasteiger partial charge in [0.2, 0.25) is 0 Å². The Morgan fingerprint density at radius 2 is 1.48 bits per heavy atom. The molecule has 1 fully saturated rings. The van der Waals surface area contributed by atoms with Crippen LogP contribution in [0.15, 0.2) is 54.6 Å². The van der Waals surface area contributed by atoms with Gasteiger partial charge in [-0.15, -0.1) is 11.3 Å². The number of carbonyl (C=O) groups excluding carboxylic acids is 1. The Bertz CT molecular complexity index is 1030. The number of aromatic carboxylic acids is 1. The standard InChI is InChI=1S/C22H17FO3S/c1-13(24)22(10-11-22)17-8-6-15(7-9-17)14-2-4-16(5-3-14)20-18(21(25)26)12-19(23)27-20/h2-9,12H,10-11H2,1H3,(H,25,26). The van der Waals surface area contributed by atoms with Gasteiger partial charge >= 0.3 is 5.97 Å². The molecular weight excluding hydrogens is 363 g/mol. The lowest BCUT2D eigenvalue weighted by Gasteiger charge is -2.12. The van der Waals surface area contributed by atoms with Gasteiger partial charge < -0.3 is 5.11 Å². The lowest BCUT2D eigenvalue weighted by molar-refractivity contribution is -0.119.